The van der Waals surface area contributed by atoms with Gasteiger partial charge in [0, 0.05) is 26.1 Å². The molecular weight excluding hydrogens is 410 g/mol. The lowest BCUT2D eigenvalue weighted by atomic mass is 9.97. The largest absolute Gasteiger partial charge is 0.486 e. The van der Waals surface area contributed by atoms with E-state index in [0.717, 1.165) is 6.26 Å². The topological polar surface area (TPSA) is 116 Å². The summed E-state index contributed by atoms with van der Waals surface area (Å²) in [5, 5.41) is 11.8. The first-order chi connectivity index (χ1) is 14.3. The number of hydrogen-bond donors (Lipinski definition) is 2. The van der Waals surface area contributed by atoms with E-state index in [9.17, 15) is 18.0 Å². The number of carbonyl (C=O) groups excluding carboxylic acids is 1. The third-order valence-corrected chi connectivity index (χ3v) is 6.22. The SMILES string of the molecule is CC.CS(=O)(=O)N1CC(CCNC(=O)N2CCC(C(=O)O)CC2)Oc2ccccc21. The number of anilines is 1. The monoisotopic (exact) mass is 441 g/mol. The van der Waals surface area contributed by atoms with Crippen molar-refractivity contribution < 1.29 is 27.9 Å². The molecule has 0 aliphatic carbocycles. The number of para-hydroxylation sites is 2. The number of carboxylic acid groups (broad SMARTS) is 1. The molecule has 1 fully saturated rings. The molecule has 0 radical (unpaired) electrons. The second kappa shape index (κ2) is 10.5. The van der Waals surface area contributed by atoms with Crippen LogP contribution in [0.4, 0.5) is 10.5 Å². The number of nitrogens with zero attached hydrogens (tertiary/aromatic N) is 2. The molecule has 2 aliphatic heterocycles. The molecule has 0 aromatic heterocycles. The standard InChI is InChI=1S/C18H25N3O6S.C2H6/c1-28(25,26)21-12-14(27-16-5-3-2-4-15(16)21)6-9-19-18(24)20-10-7-13(8-11-20)17(22)23;1-2/h2-5,13-14H,6-12H2,1H3,(H,19,24)(H,22,23);1-2H3. The van der Waals surface area contributed by atoms with Crippen LogP contribution >= 0.6 is 0 Å². The zero-order valence-electron chi connectivity index (χ0n) is 17.7. The number of aliphatic carboxylic acids is 1. The molecule has 168 valence electrons. The number of sulfonamides is 1. The Hall–Kier alpha value is -2.49. The minimum atomic E-state index is -3.43. The molecule has 10 heteroatoms. The lowest BCUT2D eigenvalue weighted by Crippen LogP contribution is -2.47. The Morgan fingerprint density at radius 3 is 2.43 bits per heavy atom. The summed E-state index contributed by atoms with van der Waals surface area (Å²) in [5.41, 5.74) is 0.520. The van der Waals surface area contributed by atoms with Gasteiger partial charge in [-0.15, -0.1) is 0 Å². The molecule has 1 atom stereocenters. The fourth-order valence-electron chi connectivity index (χ4n) is 3.51. The number of nitrogens with one attached hydrogen (secondary N) is 1. The maximum atomic E-state index is 12.3. The number of rotatable bonds is 5. The first-order valence-corrected chi connectivity index (χ1v) is 12.1. The van der Waals surface area contributed by atoms with Crippen LogP contribution in [0.2, 0.25) is 0 Å². The molecule has 3 rings (SSSR count). The summed E-state index contributed by atoms with van der Waals surface area (Å²) in [5.74, 6) is -0.696. The van der Waals surface area contributed by atoms with Crippen LogP contribution in [0.3, 0.4) is 0 Å². The highest BCUT2D eigenvalue weighted by Crippen LogP contribution is 2.35. The van der Waals surface area contributed by atoms with E-state index in [1.54, 1.807) is 29.2 Å². The maximum Gasteiger partial charge on any atom is 0.317 e. The molecule has 0 spiro atoms. The minimum Gasteiger partial charge on any atom is -0.486 e. The van der Waals surface area contributed by atoms with E-state index in [-0.39, 0.29) is 24.6 Å². The van der Waals surface area contributed by atoms with Gasteiger partial charge in [0.2, 0.25) is 10.0 Å². The van der Waals surface area contributed by atoms with E-state index in [1.807, 2.05) is 13.8 Å². The van der Waals surface area contributed by atoms with Crippen LogP contribution in [-0.4, -0.2) is 69.0 Å². The summed E-state index contributed by atoms with van der Waals surface area (Å²) in [6.07, 6.45) is 2.15. The van der Waals surface area contributed by atoms with Gasteiger partial charge in [-0.25, -0.2) is 13.2 Å². The molecule has 1 aromatic rings. The lowest BCUT2D eigenvalue weighted by molar-refractivity contribution is -0.143. The number of carbonyl (C=O) groups is 2. The summed E-state index contributed by atoms with van der Waals surface area (Å²) < 4.78 is 31.4. The van der Waals surface area contributed by atoms with Gasteiger partial charge >= 0.3 is 12.0 Å². The molecule has 2 aliphatic rings. The number of carboxylic acids is 1. The van der Waals surface area contributed by atoms with Gasteiger partial charge in [-0.3, -0.25) is 9.10 Å². The highest BCUT2D eigenvalue weighted by Gasteiger charge is 2.31. The van der Waals surface area contributed by atoms with Crippen molar-refractivity contribution in [2.24, 2.45) is 5.92 Å². The predicted molar refractivity (Wildman–Crippen MR) is 114 cm³/mol. The summed E-state index contributed by atoms with van der Waals surface area (Å²) >= 11 is 0. The summed E-state index contributed by atoms with van der Waals surface area (Å²) in [4.78, 5) is 24.9. The smallest absolute Gasteiger partial charge is 0.317 e. The molecule has 2 heterocycles. The van der Waals surface area contributed by atoms with Crippen LogP contribution in [0.1, 0.15) is 33.1 Å². The Morgan fingerprint density at radius 1 is 1.20 bits per heavy atom. The fraction of sp³-hybridized carbons (Fsp3) is 0.600. The molecule has 0 saturated carbocycles. The van der Waals surface area contributed by atoms with Gasteiger partial charge < -0.3 is 20.1 Å². The van der Waals surface area contributed by atoms with Crippen molar-refractivity contribution in [3.63, 3.8) is 0 Å². The first kappa shape index (κ1) is 23.8. The predicted octanol–water partition coefficient (Wildman–Crippen LogP) is 2.14. The Bertz CT molecular complexity index is 837. The average molecular weight is 442 g/mol. The van der Waals surface area contributed by atoms with E-state index in [4.69, 9.17) is 9.84 Å². The van der Waals surface area contributed by atoms with Gasteiger partial charge in [-0.2, -0.15) is 0 Å². The second-order valence-corrected chi connectivity index (χ2v) is 9.03. The van der Waals surface area contributed by atoms with Crippen molar-refractivity contribution in [2.75, 3.05) is 36.7 Å². The van der Waals surface area contributed by atoms with E-state index in [2.05, 4.69) is 5.32 Å². The molecule has 1 aromatic carbocycles. The first-order valence-electron chi connectivity index (χ1n) is 10.2. The van der Waals surface area contributed by atoms with Crippen molar-refractivity contribution >= 4 is 27.7 Å². The molecule has 0 bridgehead atoms. The van der Waals surface area contributed by atoms with Crippen LogP contribution < -0.4 is 14.4 Å². The van der Waals surface area contributed by atoms with Crippen molar-refractivity contribution in [1.29, 1.82) is 0 Å². The number of urea groups is 1. The number of likely N-dealkylation sites (tertiary alicyclic amines) is 1. The Balaban J connectivity index is 0.00000155. The van der Waals surface area contributed by atoms with E-state index < -0.39 is 16.0 Å². The Labute approximate surface area is 178 Å². The number of amides is 2. The minimum absolute atomic E-state index is 0.190. The van der Waals surface area contributed by atoms with Crippen LogP contribution in [0.25, 0.3) is 0 Å². The Kier molecular flexibility index (Phi) is 8.33. The fourth-order valence-corrected chi connectivity index (χ4v) is 4.45. The van der Waals surface area contributed by atoms with E-state index in [1.165, 1.54) is 4.31 Å². The molecule has 9 nitrogen and oxygen atoms in total. The van der Waals surface area contributed by atoms with Crippen LogP contribution in [0, 0.1) is 5.92 Å². The number of ether oxygens (including phenoxy) is 1. The van der Waals surface area contributed by atoms with Crippen LogP contribution in [-0.2, 0) is 14.8 Å². The molecule has 1 saturated heterocycles. The number of hydrogen-bond acceptors (Lipinski definition) is 5. The summed E-state index contributed by atoms with van der Waals surface area (Å²) in [6, 6.07) is 6.73. The maximum absolute atomic E-state index is 12.3. The third kappa shape index (κ3) is 6.01. The van der Waals surface area contributed by atoms with Crippen molar-refractivity contribution in [2.45, 2.75) is 39.2 Å². The highest BCUT2D eigenvalue weighted by molar-refractivity contribution is 7.92. The highest BCUT2D eigenvalue weighted by atomic mass is 32.2. The van der Waals surface area contributed by atoms with E-state index in [0.29, 0.717) is 50.3 Å². The van der Waals surface area contributed by atoms with Gasteiger partial charge in [0.1, 0.15) is 11.9 Å². The normalized spacial score (nSPS) is 19.1. The number of benzene rings is 1. The lowest BCUT2D eigenvalue weighted by Gasteiger charge is -2.35. The average Bonchev–Trinajstić information content (AvgIpc) is 2.74. The molecule has 2 amide bonds. The quantitative estimate of drug-likeness (QED) is 0.723. The Morgan fingerprint density at radius 2 is 1.83 bits per heavy atom. The zero-order valence-corrected chi connectivity index (χ0v) is 18.5. The van der Waals surface area contributed by atoms with E-state index >= 15 is 0 Å². The van der Waals surface area contributed by atoms with Crippen molar-refractivity contribution in [3.05, 3.63) is 24.3 Å². The van der Waals surface area contributed by atoms with Gasteiger partial charge in [-0.05, 0) is 25.0 Å². The number of piperidine rings is 1. The second-order valence-electron chi connectivity index (χ2n) is 7.12. The van der Waals surface area contributed by atoms with Crippen molar-refractivity contribution in [3.8, 4) is 5.75 Å². The van der Waals surface area contributed by atoms with Crippen molar-refractivity contribution in [1.82, 2.24) is 10.2 Å². The zero-order chi connectivity index (χ0) is 22.3. The molecule has 2 N–H and O–H groups in total. The number of fused-ring (bicyclic) bond motifs is 1. The molecule has 1 unspecified atom stereocenters. The molecular formula is C20H31N3O6S. The van der Waals surface area contributed by atoms with Crippen LogP contribution in [0.15, 0.2) is 24.3 Å². The van der Waals surface area contributed by atoms with Gasteiger partial charge in [-0.1, -0.05) is 26.0 Å². The van der Waals surface area contributed by atoms with Gasteiger partial charge in [0.05, 0.1) is 24.4 Å². The summed E-state index contributed by atoms with van der Waals surface area (Å²) in [7, 11) is -3.43. The summed E-state index contributed by atoms with van der Waals surface area (Å²) in [6.45, 7) is 5.35. The van der Waals surface area contributed by atoms with Crippen LogP contribution in [0.5, 0.6) is 5.75 Å². The third-order valence-electron chi connectivity index (χ3n) is 5.07. The van der Waals surface area contributed by atoms with Gasteiger partial charge in [0.15, 0.2) is 0 Å². The van der Waals surface area contributed by atoms with Gasteiger partial charge in [0.25, 0.3) is 0 Å². The molecule has 30 heavy (non-hydrogen) atoms.